The molecule has 2 heterocycles. The minimum absolute atomic E-state index is 0.245. The topological polar surface area (TPSA) is 63.0 Å². The summed E-state index contributed by atoms with van der Waals surface area (Å²) in [4.78, 5) is 0. The maximum absolute atomic E-state index is 12.5. The molecule has 6 nitrogen and oxygen atoms in total. The van der Waals surface area contributed by atoms with Crippen LogP contribution in [-0.2, 0) is 32.1 Å². The van der Waals surface area contributed by atoms with Crippen molar-refractivity contribution in [2.45, 2.75) is 57.4 Å². The van der Waals surface area contributed by atoms with Crippen LogP contribution in [-0.4, -0.2) is 41.3 Å². The van der Waals surface area contributed by atoms with E-state index in [0.717, 1.165) is 15.9 Å². The minimum atomic E-state index is -0.740. The molecule has 0 unspecified atom stereocenters. The van der Waals surface area contributed by atoms with Gasteiger partial charge in [-0.1, -0.05) is 60.7 Å². The van der Waals surface area contributed by atoms with Crippen LogP contribution in [0.1, 0.15) is 25.0 Å². The Morgan fingerprint density at radius 1 is 1.00 bits per heavy atom. The number of fused-ring (bicyclic) bond motifs is 1. The van der Waals surface area contributed by atoms with Gasteiger partial charge in [0.15, 0.2) is 30.9 Å². The number of hydrogen-bond acceptors (Lipinski definition) is 5. The Morgan fingerprint density at radius 2 is 1.64 bits per heavy atom. The largest absolute Gasteiger partial charge is 0.624 e. The maximum atomic E-state index is 12.5. The van der Waals surface area contributed by atoms with Crippen molar-refractivity contribution >= 4 is 6.21 Å². The third-order valence-electron chi connectivity index (χ3n) is 4.81. The molecule has 2 aliphatic heterocycles. The van der Waals surface area contributed by atoms with Gasteiger partial charge >= 0.3 is 0 Å². The number of ether oxygens (including phenoxy) is 4. The number of hydrogen-bond donors (Lipinski definition) is 0. The Balaban J connectivity index is 1.49. The monoisotopic (exact) mass is 383 g/mol. The molecule has 0 spiro atoms. The third-order valence-corrected chi connectivity index (χ3v) is 4.81. The predicted octanol–water partition coefficient (Wildman–Crippen LogP) is 3.23. The maximum Gasteiger partial charge on any atom is 0.190 e. The first-order valence-corrected chi connectivity index (χ1v) is 9.49. The van der Waals surface area contributed by atoms with E-state index in [1.165, 1.54) is 6.21 Å². The predicted molar refractivity (Wildman–Crippen MR) is 104 cm³/mol. The summed E-state index contributed by atoms with van der Waals surface area (Å²) in [5.74, 6) is -0.740. The fourth-order valence-corrected chi connectivity index (χ4v) is 3.56. The fraction of sp³-hybridized carbons (Fsp3) is 0.409. The second kappa shape index (κ2) is 8.01. The average molecular weight is 383 g/mol. The quantitative estimate of drug-likeness (QED) is 0.332. The summed E-state index contributed by atoms with van der Waals surface area (Å²) >= 11 is 0. The van der Waals surface area contributed by atoms with E-state index >= 15 is 0 Å². The smallest absolute Gasteiger partial charge is 0.190 e. The van der Waals surface area contributed by atoms with Gasteiger partial charge in [0, 0.05) is 5.56 Å². The molecule has 0 aromatic heterocycles. The van der Waals surface area contributed by atoms with Crippen LogP contribution in [0.25, 0.3) is 0 Å². The lowest BCUT2D eigenvalue weighted by atomic mass is 10.1. The lowest BCUT2D eigenvalue weighted by Gasteiger charge is -2.24. The Bertz CT molecular complexity index is 808. The molecule has 0 radical (unpaired) electrons. The van der Waals surface area contributed by atoms with Crippen molar-refractivity contribution in [1.29, 1.82) is 0 Å². The Morgan fingerprint density at radius 3 is 2.32 bits per heavy atom. The highest BCUT2D eigenvalue weighted by Crippen LogP contribution is 2.38. The zero-order valence-corrected chi connectivity index (χ0v) is 16.1. The van der Waals surface area contributed by atoms with E-state index in [0.29, 0.717) is 6.61 Å². The number of benzene rings is 2. The van der Waals surface area contributed by atoms with E-state index in [1.54, 1.807) is 0 Å². The van der Waals surface area contributed by atoms with E-state index < -0.39 is 24.3 Å². The first kappa shape index (κ1) is 19.1. The molecule has 4 rings (SSSR count). The normalized spacial score (nSPS) is 29.0. The molecule has 4 atom stereocenters. The summed E-state index contributed by atoms with van der Waals surface area (Å²) in [6, 6.07) is 19.5. The van der Waals surface area contributed by atoms with Crippen LogP contribution in [0.15, 0.2) is 60.7 Å². The minimum Gasteiger partial charge on any atom is -0.624 e. The second-order valence-electron chi connectivity index (χ2n) is 7.54. The first-order valence-electron chi connectivity index (χ1n) is 9.49. The zero-order valence-electron chi connectivity index (χ0n) is 16.1. The molecule has 0 bridgehead atoms. The molecule has 28 heavy (non-hydrogen) atoms. The van der Waals surface area contributed by atoms with Crippen molar-refractivity contribution in [1.82, 2.24) is 0 Å². The van der Waals surface area contributed by atoms with Gasteiger partial charge in [-0.05, 0) is 19.4 Å². The molecule has 0 amide bonds. The van der Waals surface area contributed by atoms with Crippen LogP contribution in [0.5, 0.6) is 0 Å². The molecular formula is C22H25NO5. The summed E-state index contributed by atoms with van der Waals surface area (Å²) in [5.41, 5.74) is 1.98. The average Bonchev–Trinajstić information content (AvgIpc) is 3.12. The first-order chi connectivity index (χ1) is 13.5. The van der Waals surface area contributed by atoms with Gasteiger partial charge in [0.25, 0.3) is 0 Å². The summed E-state index contributed by atoms with van der Waals surface area (Å²) in [6.07, 6.45) is -0.400. The molecular weight excluding hydrogens is 358 g/mol. The standard InChI is InChI=1S/C22H25NO5/c1-22(2)27-20-19(25-15-17-11-7-4-8-12-17)18(26-21(20)28-22)14-23(24)13-16-9-5-3-6-10-16/h3-12,14,18-21H,13,15H2,1-2H3/b23-14-/t18-,19-,20-,21-/m1/s1. The van der Waals surface area contributed by atoms with Crippen LogP contribution in [0.2, 0.25) is 0 Å². The lowest BCUT2D eigenvalue weighted by molar-refractivity contribution is -0.473. The van der Waals surface area contributed by atoms with Gasteiger partial charge in [0.2, 0.25) is 0 Å². The van der Waals surface area contributed by atoms with Crippen molar-refractivity contribution in [3.8, 4) is 0 Å². The molecule has 2 fully saturated rings. The van der Waals surface area contributed by atoms with Crippen LogP contribution in [0.3, 0.4) is 0 Å². The molecule has 2 aromatic carbocycles. The highest BCUT2D eigenvalue weighted by molar-refractivity contribution is 5.60. The molecule has 0 aliphatic carbocycles. The highest BCUT2D eigenvalue weighted by atomic mass is 16.8. The number of nitrogens with zero attached hydrogens (tertiary/aromatic N) is 1. The molecule has 2 saturated heterocycles. The van der Waals surface area contributed by atoms with Crippen molar-refractivity contribution in [2.75, 3.05) is 0 Å². The van der Waals surface area contributed by atoms with E-state index in [2.05, 4.69) is 0 Å². The number of rotatable bonds is 6. The van der Waals surface area contributed by atoms with Crippen molar-refractivity contribution in [3.05, 3.63) is 77.0 Å². The van der Waals surface area contributed by atoms with Crippen molar-refractivity contribution in [2.24, 2.45) is 0 Å². The lowest BCUT2D eigenvalue weighted by Crippen LogP contribution is -2.38. The van der Waals surface area contributed by atoms with Crippen LogP contribution in [0.4, 0.5) is 0 Å². The fourth-order valence-electron chi connectivity index (χ4n) is 3.56. The summed E-state index contributed by atoms with van der Waals surface area (Å²) in [5, 5.41) is 12.5. The molecule has 6 heteroatoms. The Kier molecular flexibility index (Phi) is 5.46. The molecule has 2 aromatic rings. The molecule has 2 aliphatic rings. The van der Waals surface area contributed by atoms with Gasteiger partial charge in [-0.2, -0.15) is 0 Å². The number of hydroxylamine groups is 1. The highest BCUT2D eigenvalue weighted by Gasteiger charge is 2.56. The van der Waals surface area contributed by atoms with Crippen LogP contribution < -0.4 is 0 Å². The van der Waals surface area contributed by atoms with Crippen molar-refractivity contribution in [3.63, 3.8) is 0 Å². The van der Waals surface area contributed by atoms with Gasteiger partial charge in [-0.25, -0.2) is 4.74 Å². The van der Waals surface area contributed by atoms with Crippen molar-refractivity contribution < 1.29 is 23.7 Å². The van der Waals surface area contributed by atoms with Crippen LogP contribution >= 0.6 is 0 Å². The third kappa shape index (κ3) is 4.42. The molecule has 0 N–H and O–H groups in total. The zero-order chi connectivity index (χ0) is 19.6. The summed E-state index contributed by atoms with van der Waals surface area (Å²) in [7, 11) is 0. The Labute approximate surface area is 164 Å². The van der Waals surface area contributed by atoms with E-state index in [9.17, 15) is 5.21 Å². The van der Waals surface area contributed by atoms with Gasteiger partial charge in [-0.15, -0.1) is 0 Å². The van der Waals surface area contributed by atoms with Gasteiger partial charge in [0.1, 0.15) is 12.2 Å². The van der Waals surface area contributed by atoms with Gasteiger partial charge < -0.3 is 24.2 Å². The van der Waals surface area contributed by atoms with Gasteiger partial charge in [-0.3, -0.25) is 0 Å². The van der Waals surface area contributed by atoms with Crippen LogP contribution in [0, 0.1) is 5.21 Å². The van der Waals surface area contributed by atoms with Gasteiger partial charge in [0.05, 0.1) is 6.61 Å². The molecule has 0 saturated carbocycles. The molecule has 148 valence electrons. The second-order valence-corrected chi connectivity index (χ2v) is 7.54. The SMILES string of the molecule is CC1(C)O[C@H]2O[C@H](/C=[N+](\[O-])Cc3ccccc3)[C@@H](OCc3ccccc3)[C@H]2O1. The van der Waals surface area contributed by atoms with E-state index in [-0.39, 0.29) is 12.6 Å². The summed E-state index contributed by atoms with van der Waals surface area (Å²) in [6.45, 7) is 4.34. The summed E-state index contributed by atoms with van der Waals surface area (Å²) < 4.78 is 24.8. The van der Waals surface area contributed by atoms with E-state index in [1.807, 2.05) is 74.5 Å². The Hall–Kier alpha value is -2.25. The van der Waals surface area contributed by atoms with E-state index in [4.69, 9.17) is 18.9 Å².